The summed E-state index contributed by atoms with van der Waals surface area (Å²) in [5.41, 5.74) is 1.75. The second-order valence-corrected chi connectivity index (χ2v) is 5.75. The highest BCUT2D eigenvalue weighted by Crippen LogP contribution is 2.18. The summed E-state index contributed by atoms with van der Waals surface area (Å²) in [6, 6.07) is 9.62. The van der Waals surface area contributed by atoms with E-state index in [-0.39, 0.29) is 12.1 Å². The van der Waals surface area contributed by atoms with Crippen LogP contribution in [-0.4, -0.2) is 35.3 Å². The number of rotatable bonds is 4. The van der Waals surface area contributed by atoms with Crippen molar-refractivity contribution in [1.29, 1.82) is 0 Å². The molecule has 0 spiro atoms. The molecule has 0 saturated carbocycles. The van der Waals surface area contributed by atoms with Gasteiger partial charge in [-0.15, -0.1) is 0 Å². The van der Waals surface area contributed by atoms with E-state index in [2.05, 4.69) is 10.5 Å². The molecule has 1 aromatic carbocycles. The lowest BCUT2D eigenvalue weighted by molar-refractivity contribution is 0.186. The molecule has 3 rings (SSSR count). The van der Waals surface area contributed by atoms with Crippen molar-refractivity contribution < 1.29 is 14.1 Å². The predicted octanol–water partition coefficient (Wildman–Crippen LogP) is 2.65. The standard InChI is InChI=1S/C17H21N3O3/c1-12-16(13(2)23-19-12)10-18-17(21)20-9-8-15(11-20)22-14-6-4-3-5-7-14/h3-7,15H,8-11H2,1-2H3,(H,18,21). The van der Waals surface area contributed by atoms with Gasteiger partial charge in [-0.05, 0) is 26.0 Å². The van der Waals surface area contributed by atoms with Crippen molar-refractivity contribution in [2.75, 3.05) is 13.1 Å². The number of urea groups is 1. The van der Waals surface area contributed by atoms with Crippen LogP contribution >= 0.6 is 0 Å². The summed E-state index contributed by atoms with van der Waals surface area (Å²) in [5, 5.41) is 6.82. The highest BCUT2D eigenvalue weighted by molar-refractivity contribution is 5.74. The molecule has 23 heavy (non-hydrogen) atoms. The van der Waals surface area contributed by atoms with Gasteiger partial charge >= 0.3 is 6.03 Å². The summed E-state index contributed by atoms with van der Waals surface area (Å²) in [6.07, 6.45) is 0.885. The van der Waals surface area contributed by atoms with Crippen LogP contribution in [-0.2, 0) is 6.54 Å². The second kappa shape index (κ2) is 6.73. The molecule has 1 atom stereocenters. The van der Waals surface area contributed by atoms with E-state index in [1.807, 2.05) is 44.2 Å². The summed E-state index contributed by atoms with van der Waals surface area (Å²) < 4.78 is 11.0. The van der Waals surface area contributed by atoms with Crippen molar-refractivity contribution >= 4 is 6.03 Å². The molecule has 1 aromatic heterocycles. The van der Waals surface area contributed by atoms with Crippen LogP contribution < -0.4 is 10.1 Å². The Morgan fingerprint density at radius 1 is 1.39 bits per heavy atom. The van der Waals surface area contributed by atoms with Gasteiger partial charge in [0, 0.05) is 25.1 Å². The molecule has 1 unspecified atom stereocenters. The van der Waals surface area contributed by atoms with Gasteiger partial charge in [0.1, 0.15) is 17.6 Å². The zero-order valence-corrected chi connectivity index (χ0v) is 13.4. The van der Waals surface area contributed by atoms with Gasteiger partial charge in [-0.1, -0.05) is 23.4 Å². The number of aromatic nitrogens is 1. The van der Waals surface area contributed by atoms with Crippen LogP contribution in [0, 0.1) is 13.8 Å². The zero-order valence-electron chi connectivity index (χ0n) is 13.4. The third kappa shape index (κ3) is 3.64. The molecule has 1 saturated heterocycles. The minimum absolute atomic E-state index is 0.0437. The molecule has 122 valence electrons. The maximum atomic E-state index is 12.3. The summed E-state index contributed by atoms with van der Waals surface area (Å²) in [4.78, 5) is 14.1. The third-order valence-corrected chi connectivity index (χ3v) is 4.08. The number of nitrogens with zero attached hydrogens (tertiary/aromatic N) is 2. The molecule has 6 nitrogen and oxygen atoms in total. The summed E-state index contributed by atoms with van der Waals surface area (Å²) in [6.45, 7) is 5.45. The normalized spacial score (nSPS) is 17.3. The molecule has 2 amide bonds. The summed E-state index contributed by atoms with van der Waals surface area (Å²) in [7, 11) is 0. The maximum Gasteiger partial charge on any atom is 0.317 e. The number of hydrogen-bond acceptors (Lipinski definition) is 4. The van der Waals surface area contributed by atoms with Crippen molar-refractivity contribution in [3.63, 3.8) is 0 Å². The lowest BCUT2D eigenvalue weighted by Crippen LogP contribution is -2.39. The Morgan fingerprint density at radius 3 is 2.87 bits per heavy atom. The number of benzene rings is 1. The van der Waals surface area contributed by atoms with Crippen molar-refractivity contribution in [2.24, 2.45) is 0 Å². The first-order chi connectivity index (χ1) is 11.1. The Hall–Kier alpha value is -2.50. The van der Waals surface area contributed by atoms with E-state index in [0.717, 1.165) is 29.2 Å². The fourth-order valence-corrected chi connectivity index (χ4v) is 2.73. The van der Waals surface area contributed by atoms with Gasteiger partial charge in [-0.25, -0.2) is 4.79 Å². The zero-order chi connectivity index (χ0) is 16.2. The Balaban J connectivity index is 1.49. The maximum absolute atomic E-state index is 12.3. The number of likely N-dealkylation sites (tertiary alicyclic amines) is 1. The summed E-state index contributed by atoms with van der Waals surface area (Å²) in [5.74, 6) is 1.59. The topological polar surface area (TPSA) is 67.6 Å². The molecular weight excluding hydrogens is 294 g/mol. The number of carbonyl (C=O) groups is 1. The quantitative estimate of drug-likeness (QED) is 0.942. The number of aryl methyl sites for hydroxylation is 2. The highest BCUT2D eigenvalue weighted by Gasteiger charge is 2.27. The average molecular weight is 315 g/mol. The number of para-hydroxylation sites is 1. The van der Waals surface area contributed by atoms with Crippen molar-refractivity contribution in [2.45, 2.75) is 32.9 Å². The molecule has 2 aromatic rings. The third-order valence-electron chi connectivity index (χ3n) is 4.08. The fraction of sp³-hybridized carbons (Fsp3) is 0.412. The van der Waals surface area contributed by atoms with E-state index in [9.17, 15) is 4.79 Å². The highest BCUT2D eigenvalue weighted by atomic mass is 16.5. The van der Waals surface area contributed by atoms with E-state index in [1.54, 1.807) is 4.90 Å². The van der Waals surface area contributed by atoms with Crippen molar-refractivity contribution in [3.05, 3.63) is 47.3 Å². The molecule has 2 heterocycles. The van der Waals surface area contributed by atoms with Crippen molar-refractivity contribution in [3.8, 4) is 5.75 Å². The first kappa shape index (κ1) is 15.4. The van der Waals surface area contributed by atoms with Crippen LogP contribution in [0.15, 0.2) is 34.9 Å². The number of hydrogen-bond donors (Lipinski definition) is 1. The molecular formula is C17H21N3O3. The first-order valence-electron chi connectivity index (χ1n) is 7.79. The van der Waals surface area contributed by atoms with Gasteiger partial charge in [0.25, 0.3) is 0 Å². The Kier molecular flexibility index (Phi) is 4.50. The molecule has 6 heteroatoms. The second-order valence-electron chi connectivity index (χ2n) is 5.75. The van der Waals surface area contributed by atoms with Crippen LogP contribution in [0.1, 0.15) is 23.4 Å². The Morgan fingerprint density at radius 2 is 2.17 bits per heavy atom. The molecule has 0 bridgehead atoms. The number of amides is 2. The van der Waals surface area contributed by atoms with Gasteiger partial charge in [0.15, 0.2) is 0 Å². The molecule has 1 N–H and O–H groups in total. The smallest absolute Gasteiger partial charge is 0.317 e. The number of carbonyl (C=O) groups excluding carboxylic acids is 1. The average Bonchev–Trinajstić information content (AvgIpc) is 3.14. The SMILES string of the molecule is Cc1noc(C)c1CNC(=O)N1CCC(Oc2ccccc2)C1. The van der Waals surface area contributed by atoms with Crippen LogP contribution in [0.2, 0.25) is 0 Å². The van der Waals surface area contributed by atoms with E-state index in [1.165, 1.54) is 0 Å². The van der Waals surface area contributed by atoms with Gasteiger partial charge < -0.3 is 19.5 Å². The predicted molar refractivity (Wildman–Crippen MR) is 85.3 cm³/mol. The lowest BCUT2D eigenvalue weighted by atomic mass is 10.2. The van der Waals surface area contributed by atoms with E-state index in [0.29, 0.717) is 19.6 Å². The molecule has 1 aliphatic rings. The molecule has 1 aliphatic heterocycles. The largest absolute Gasteiger partial charge is 0.489 e. The number of ether oxygens (including phenoxy) is 1. The van der Waals surface area contributed by atoms with E-state index >= 15 is 0 Å². The van der Waals surface area contributed by atoms with Gasteiger partial charge in [-0.3, -0.25) is 0 Å². The minimum Gasteiger partial charge on any atom is -0.489 e. The lowest BCUT2D eigenvalue weighted by Gasteiger charge is -2.18. The monoisotopic (exact) mass is 315 g/mol. The van der Waals surface area contributed by atoms with Crippen LogP contribution in [0.25, 0.3) is 0 Å². The van der Waals surface area contributed by atoms with Crippen LogP contribution in [0.5, 0.6) is 5.75 Å². The van der Waals surface area contributed by atoms with Crippen LogP contribution in [0.4, 0.5) is 4.79 Å². The van der Waals surface area contributed by atoms with Gasteiger partial charge in [-0.2, -0.15) is 0 Å². The molecule has 0 radical (unpaired) electrons. The number of nitrogens with one attached hydrogen (secondary N) is 1. The Bertz CT molecular complexity index is 649. The minimum atomic E-state index is -0.0795. The van der Waals surface area contributed by atoms with E-state index in [4.69, 9.17) is 9.26 Å². The van der Waals surface area contributed by atoms with Crippen LogP contribution in [0.3, 0.4) is 0 Å². The molecule has 0 aliphatic carbocycles. The van der Waals surface area contributed by atoms with Gasteiger partial charge in [0.2, 0.25) is 0 Å². The van der Waals surface area contributed by atoms with E-state index < -0.39 is 0 Å². The van der Waals surface area contributed by atoms with Crippen molar-refractivity contribution in [1.82, 2.24) is 15.4 Å². The molecule has 1 fully saturated rings. The summed E-state index contributed by atoms with van der Waals surface area (Å²) >= 11 is 0. The van der Waals surface area contributed by atoms with Gasteiger partial charge in [0.05, 0.1) is 12.2 Å². The Labute approximate surface area is 135 Å². The fourth-order valence-electron chi connectivity index (χ4n) is 2.73. The first-order valence-corrected chi connectivity index (χ1v) is 7.79.